The van der Waals surface area contributed by atoms with Crippen LogP contribution in [0, 0.1) is 0 Å². The molecular formula is C21H22N2O3. The predicted molar refractivity (Wildman–Crippen MR) is 101 cm³/mol. The smallest absolute Gasteiger partial charge is 0.404 e. The maximum absolute atomic E-state index is 12.4. The van der Waals surface area contributed by atoms with Crippen molar-refractivity contribution >= 4 is 23.4 Å². The number of anilines is 2. The number of unbranched alkanes of at least 4 members (excludes halogenated alkanes) is 1. The van der Waals surface area contributed by atoms with Crippen LogP contribution in [0.1, 0.15) is 19.8 Å². The Bertz CT molecular complexity index is 748. The SMILES string of the molecule is CCCCN1C(=O)O/C(=C/CN(c2ccccc2)c2ccccc2)C1=O. The fraction of sp³-hybridized carbons (Fsp3) is 0.238. The molecule has 0 bridgehead atoms. The number of cyclic esters (lactones) is 1. The third kappa shape index (κ3) is 3.94. The number of carbonyl (C=O) groups excluding carboxylic acids is 2. The molecule has 1 heterocycles. The average Bonchev–Trinajstić information content (AvgIpc) is 2.95. The Kier molecular flexibility index (Phi) is 5.69. The van der Waals surface area contributed by atoms with E-state index in [1.807, 2.05) is 67.6 Å². The minimum absolute atomic E-state index is 0.1000. The van der Waals surface area contributed by atoms with Crippen molar-refractivity contribution in [2.75, 3.05) is 18.0 Å². The number of para-hydroxylation sites is 2. The first kappa shape index (κ1) is 17.7. The summed E-state index contributed by atoms with van der Waals surface area (Å²) in [5, 5.41) is 0. The van der Waals surface area contributed by atoms with Crippen LogP contribution in [0.15, 0.2) is 72.5 Å². The first-order valence-electron chi connectivity index (χ1n) is 8.82. The molecule has 2 aromatic carbocycles. The number of hydrogen-bond acceptors (Lipinski definition) is 4. The highest BCUT2D eigenvalue weighted by atomic mass is 16.6. The summed E-state index contributed by atoms with van der Waals surface area (Å²) >= 11 is 0. The van der Waals surface area contributed by atoms with Crippen LogP contribution in [0.4, 0.5) is 16.2 Å². The molecule has 0 aromatic heterocycles. The maximum atomic E-state index is 12.4. The fourth-order valence-corrected chi connectivity index (χ4v) is 2.80. The number of benzene rings is 2. The standard InChI is InChI=1S/C21H22N2O3/c1-2-3-15-23-20(24)19(26-21(23)25)14-16-22(17-10-6-4-7-11-17)18-12-8-5-9-13-18/h4-14H,2-3,15-16H2,1H3/b19-14+. The van der Waals surface area contributed by atoms with E-state index in [1.165, 1.54) is 4.90 Å². The molecule has 0 saturated carbocycles. The predicted octanol–water partition coefficient (Wildman–Crippen LogP) is 4.49. The normalized spacial score (nSPS) is 15.4. The van der Waals surface area contributed by atoms with Gasteiger partial charge in [-0.15, -0.1) is 0 Å². The van der Waals surface area contributed by atoms with Crippen LogP contribution in [-0.2, 0) is 9.53 Å². The van der Waals surface area contributed by atoms with Crippen molar-refractivity contribution in [3.63, 3.8) is 0 Å². The number of ether oxygens (including phenoxy) is 1. The third-order valence-corrected chi connectivity index (χ3v) is 4.20. The quantitative estimate of drug-likeness (QED) is 0.691. The molecule has 5 heteroatoms. The van der Waals surface area contributed by atoms with Crippen molar-refractivity contribution in [3.05, 3.63) is 72.5 Å². The van der Waals surface area contributed by atoms with Gasteiger partial charge in [-0.2, -0.15) is 0 Å². The molecule has 2 amide bonds. The molecule has 0 spiro atoms. The summed E-state index contributed by atoms with van der Waals surface area (Å²) in [4.78, 5) is 27.5. The molecule has 1 aliphatic rings. The topological polar surface area (TPSA) is 49.9 Å². The highest BCUT2D eigenvalue weighted by Gasteiger charge is 2.35. The van der Waals surface area contributed by atoms with E-state index in [0.29, 0.717) is 13.1 Å². The molecule has 26 heavy (non-hydrogen) atoms. The average molecular weight is 350 g/mol. The van der Waals surface area contributed by atoms with Crippen molar-refractivity contribution in [1.82, 2.24) is 4.90 Å². The van der Waals surface area contributed by atoms with Gasteiger partial charge in [-0.3, -0.25) is 4.79 Å². The lowest BCUT2D eigenvalue weighted by molar-refractivity contribution is -0.123. The lowest BCUT2D eigenvalue weighted by Gasteiger charge is -2.23. The molecule has 0 radical (unpaired) electrons. The Morgan fingerprint density at radius 2 is 1.54 bits per heavy atom. The summed E-state index contributed by atoms with van der Waals surface area (Å²) < 4.78 is 5.18. The van der Waals surface area contributed by atoms with E-state index in [1.54, 1.807) is 6.08 Å². The van der Waals surface area contributed by atoms with E-state index in [9.17, 15) is 9.59 Å². The zero-order valence-electron chi connectivity index (χ0n) is 14.8. The third-order valence-electron chi connectivity index (χ3n) is 4.20. The van der Waals surface area contributed by atoms with E-state index in [-0.39, 0.29) is 11.7 Å². The van der Waals surface area contributed by atoms with Crippen molar-refractivity contribution in [1.29, 1.82) is 0 Å². The highest BCUT2D eigenvalue weighted by molar-refractivity contribution is 6.07. The summed E-state index contributed by atoms with van der Waals surface area (Å²) in [6.07, 6.45) is 2.77. The second kappa shape index (κ2) is 8.34. The molecule has 0 atom stereocenters. The van der Waals surface area contributed by atoms with Gasteiger partial charge < -0.3 is 9.64 Å². The molecule has 5 nitrogen and oxygen atoms in total. The van der Waals surface area contributed by atoms with Crippen LogP contribution in [0.3, 0.4) is 0 Å². The van der Waals surface area contributed by atoms with Gasteiger partial charge >= 0.3 is 6.09 Å². The van der Waals surface area contributed by atoms with Gasteiger partial charge in [0.05, 0.1) is 0 Å². The zero-order chi connectivity index (χ0) is 18.4. The van der Waals surface area contributed by atoms with Gasteiger partial charge in [-0.05, 0) is 36.8 Å². The highest BCUT2D eigenvalue weighted by Crippen LogP contribution is 2.25. The monoisotopic (exact) mass is 350 g/mol. The molecule has 0 unspecified atom stereocenters. The Hall–Kier alpha value is -3.08. The lowest BCUT2D eigenvalue weighted by atomic mass is 10.2. The molecule has 3 rings (SSSR count). The number of carbonyl (C=O) groups is 2. The minimum Gasteiger partial charge on any atom is -0.404 e. The van der Waals surface area contributed by atoms with E-state index >= 15 is 0 Å². The molecule has 134 valence electrons. The molecule has 1 aliphatic heterocycles. The van der Waals surface area contributed by atoms with Crippen LogP contribution in [0.25, 0.3) is 0 Å². The Morgan fingerprint density at radius 1 is 0.962 bits per heavy atom. The zero-order valence-corrected chi connectivity index (χ0v) is 14.8. The van der Waals surface area contributed by atoms with E-state index < -0.39 is 6.09 Å². The summed E-state index contributed by atoms with van der Waals surface area (Å²) in [7, 11) is 0. The maximum Gasteiger partial charge on any atom is 0.422 e. The van der Waals surface area contributed by atoms with Crippen molar-refractivity contribution < 1.29 is 14.3 Å². The van der Waals surface area contributed by atoms with E-state index in [0.717, 1.165) is 24.2 Å². The Balaban J connectivity index is 1.81. The summed E-state index contributed by atoms with van der Waals surface area (Å²) in [5.74, 6) is -0.257. The largest absolute Gasteiger partial charge is 0.422 e. The summed E-state index contributed by atoms with van der Waals surface area (Å²) in [6, 6.07) is 19.8. The van der Waals surface area contributed by atoms with Crippen LogP contribution in [-0.4, -0.2) is 30.0 Å². The van der Waals surface area contributed by atoms with Gasteiger partial charge in [0.25, 0.3) is 5.91 Å². The number of hydrogen-bond donors (Lipinski definition) is 0. The van der Waals surface area contributed by atoms with Crippen molar-refractivity contribution in [3.8, 4) is 0 Å². The lowest BCUT2D eigenvalue weighted by Crippen LogP contribution is -2.29. The van der Waals surface area contributed by atoms with Crippen molar-refractivity contribution in [2.24, 2.45) is 0 Å². The van der Waals surface area contributed by atoms with Gasteiger partial charge in [0.1, 0.15) is 0 Å². The Labute approximate surface area is 153 Å². The van der Waals surface area contributed by atoms with Crippen LogP contribution >= 0.6 is 0 Å². The van der Waals surface area contributed by atoms with Gasteiger partial charge in [-0.25, -0.2) is 9.69 Å². The molecular weight excluding hydrogens is 328 g/mol. The first-order chi connectivity index (χ1) is 12.7. The second-order valence-electron chi connectivity index (χ2n) is 6.03. The van der Waals surface area contributed by atoms with Crippen molar-refractivity contribution in [2.45, 2.75) is 19.8 Å². The Morgan fingerprint density at radius 3 is 2.08 bits per heavy atom. The summed E-state index contributed by atoms with van der Waals surface area (Å²) in [6.45, 7) is 2.83. The number of rotatable bonds is 7. The number of nitrogens with zero attached hydrogens (tertiary/aromatic N) is 2. The van der Waals surface area contributed by atoms with Crippen LogP contribution in [0.5, 0.6) is 0 Å². The number of imide groups is 1. The first-order valence-corrected chi connectivity index (χ1v) is 8.82. The molecule has 2 aromatic rings. The molecule has 0 N–H and O–H groups in total. The molecule has 1 fully saturated rings. The minimum atomic E-state index is -0.583. The van der Waals surface area contributed by atoms with Crippen LogP contribution < -0.4 is 4.90 Å². The molecule has 0 aliphatic carbocycles. The van der Waals surface area contributed by atoms with E-state index in [2.05, 4.69) is 4.90 Å². The number of amides is 2. The van der Waals surface area contributed by atoms with Gasteiger partial charge in [0.2, 0.25) is 0 Å². The van der Waals surface area contributed by atoms with E-state index in [4.69, 9.17) is 4.74 Å². The van der Waals surface area contributed by atoms with Crippen LogP contribution in [0.2, 0.25) is 0 Å². The molecule has 1 saturated heterocycles. The van der Waals surface area contributed by atoms with Gasteiger partial charge in [-0.1, -0.05) is 49.7 Å². The fourth-order valence-electron chi connectivity index (χ4n) is 2.80. The second-order valence-corrected chi connectivity index (χ2v) is 6.03. The van der Waals surface area contributed by atoms with Gasteiger partial charge in [0, 0.05) is 24.5 Å². The van der Waals surface area contributed by atoms with Gasteiger partial charge in [0.15, 0.2) is 5.76 Å². The summed E-state index contributed by atoms with van der Waals surface area (Å²) in [5.41, 5.74) is 1.99.